The van der Waals surface area contributed by atoms with Crippen LogP contribution in [0.4, 0.5) is 0 Å². The topological polar surface area (TPSA) is 39.1 Å². The van der Waals surface area contributed by atoms with Crippen molar-refractivity contribution < 1.29 is 4.74 Å². The first kappa shape index (κ1) is 14.4. The Bertz CT molecular complexity index is 620. The van der Waals surface area contributed by atoms with Gasteiger partial charge >= 0.3 is 0 Å². The molecule has 0 atom stereocenters. The Morgan fingerprint density at radius 1 is 1.43 bits per heavy atom. The molecule has 4 nitrogen and oxygen atoms in total. The normalized spacial score (nSPS) is 14.7. The van der Waals surface area contributed by atoms with Gasteiger partial charge in [-0.3, -0.25) is 4.68 Å². The van der Waals surface area contributed by atoms with Gasteiger partial charge in [-0.15, -0.1) is 0 Å². The van der Waals surface area contributed by atoms with Gasteiger partial charge in [0.15, 0.2) is 5.75 Å². The fourth-order valence-corrected chi connectivity index (χ4v) is 2.30. The lowest BCUT2D eigenvalue weighted by Gasteiger charge is -2.11. The molecule has 0 aliphatic heterocycles. The minimum absolute atomic E-state index is 0.323. The first-order chi connectivity index (χ1) is 10.1. The molecule has 0 unspecified atom stereocenters. The van der Waals surface area contributed by atoms with E-state index in [1.807, 2.05) is 29.1 Å². The number of aromatic nitrogens is 2. The van der Waals surface area contributed by atoms with Crippen molar-refractivity contribution >= 4 is 11.6 Å². The average Bonchev–Trinajstić information content (AvgIpc) is 3.16. The smallest absolute Gasteiger partial charge is 0.165 e. The van der Waals surface area contributed by atoms with Crippen LogP contribution in [0.15, 0.2) is 30.6 Å². The van der Waals surface area contributed by atoms with E-state index in [0.717, 1.165) is 28.6 Å². The van der Waals surface area contributed by atoms with Crippen molar-refractivity contribution in [3.8, 4) is 11.5 Å². The SMILES string of the molecule is CC(C)n1cc(Oc2ccc(Cl)cc2CNC2CC2)cn1. The molecule has 0 bridgehead atoms. The molecule has 21 heavy (non-hydrogen) atoms. The second kappa shape index (κ2) is 6.08. The largest absolute Gasteiger partial charge is 0.454 e. The molecule has 3 rings (SSSR count). The first-order valence-electron chi connectivity index (χ1n) is 7.35. The minimum Gasteiger partial charge on any atom is -0.454 e. The van der Waals surface area contributed by atoms with Gasteiger partial charge in [0.1, 0.15) is 5.75 Å². The summed E-state index contributed by atoms with van der Waals surface area (Å²) < 4.78 is 7.85. The van der Waals surface area contributed by atoms with Crippen LogP contribution in [0.3, 0.4) is 0 Å². The molecule has 1 fully saturated rings. The lowest BCUT2D eigenvalue weighted by Crippen LogP contribution is -2.15. The Kier molecular flexibility index (Phi) is 4.17. The van der Waals surface area contributed by atoms with Gasteiger partial charge in [0.2, 0.25) is 0 Å². The van der Waals surface area contributed by atoms with Crippen LogP contribution in [0, 0.1) is 0 Å². The van der Waals surface area contributed by atoms with E-state index >= 15 is 0 Å². The second-order valence-corrected chi connectivity index (χ2v) is 6.20. The lowest BCUT2D eigenvalue weighted by molar-refractivity contribution is 0.468. The third-order valence-corrected chi connectivity index (χ3v) is 3.75. The molecular formula is C16H20ClN3O. The summed E-state index contributed by atoms with van der Waals surface area (Å²) in [6, 6.07) is 6.70. The summed E-state index contributed by atoms with van der Waals surface area (Å²) in [7, 11) is 0. The molecule has 1 saturated carbocycles. The molecule has 5 heteroatoms. The van der Waals surface area contributed by atoms with Crippen molar-refractivity contribution in [1.82, 2.24) is 15.1 Å². The van der Waals surface area contributed by atoms with E-state index in [1.165, 1.54) is 12.8 Å². The monoisotopic (exact) mass is 305 g/mol. The molecule has 1 aliphatic carbocycles. The number of ether oxygens (including phenoxy) is 1. The van der Waals surface area contributed by atoms with Gasteiger partial charge in [0.05, 0.1) is 12.4 Å². The fourth-order valence-electron chi connectivity index (χ4n) is 2.11. The van der Waals surface area contributed by atoms with E-state index in [9.17, 15) is 0 Å². The molecule has 112 valence electrons. The number of hydrogen-bond acceptors (Lipinski definition) is 3. The third kappa shape index (κ3) is 3.77. The Morgan fingerprint density at radius 2 is 2.24 bits per heavy atom. The Hall–Kier alpha value is -1.52. The van der Waals surface area contributed by atoms with E-state index in [2.05, 4.69) is 24.3 Å². The summed E-state index contributed by atoms with van der Waals surface area (Å²) in [6.07, 6.45) is 6.18. The fraction of sp³-hybridized carbons (Fsp3) is 0.438. The van der Waals surface area contributed by atoms with Crippen molar-refractivity contribution in [2.24, 2.45) is 0 Å². The maximum Gasteiger partial charge on any atom is 0.165 e. The number of nitrogens with zero attached hydrogens (tertiary/aromatic N) is 2. The van der Waals surface area contributed by atoms with Crippen LogP contribution in [-0.2, 0) is 6.54 Å². The summed E-state index contributed by atoms with van der Waals surface area (Å²) in [4.78, 5) is 0. The van der Waals surface area contributed by atoms with Gasteiger partial charge in [0, 0.05) is 29.2 Å². The Morgan fingerprint density at radius 3 is 2.90 bits per heavy atom. The summed E-state index contributed by atoms with van der Waals surface area (Å²) in [5, 5.41) is 8.51. The standard InChI is InChI=1S/C16H20ClN3O/c1-11(2)20-10-15(9-19-20)21-16-6-3-13(17)7-12(16)8-18-14-4-5-14/h3,6-7,9-11,14,18H,4-5,8H2,1-2H3. The summed E-state index contributed by atoms with van der Waals surface area (Å²) >= 11 is 6.10. The predicted octanol–water partition coefficient (Wildman–Crippen LogP) is 4.16. The van der Waals surface area contributed by atoms with Crippen LogP contribution in [-0.4, -0.2) is 15.8 Å². The second-order valence-electron chi connectivity index (χ2n) is 5.76. The number of nitrogens with one attached hydrogen (secondary N) is 1. The van der Waals surface area contributed by atoms with E-state index in [-0.39, 0.29) is 0 Å². The summed E-state index contributed by atoms with van der Waals surface area (Å²) in [5.41, 5.74) is 1.08. The lowest BCUT2D eigenvalue weighted by atomic mass is 10.2. The Labute approximate surface area is 130 Å². The molecule has 1 aliphatic rings. The van der Waals surface area contributed by atoms with E-state index in [4.69, 9.17) is 16.3 Å². The zero-order valence-corrected chi connectivity index (χ0v) is 13.1. The average molecular weight is 306 g/mol. The first-order valence-corrected chi connectivity index (χ1v) is 7.73. The number of benzene rings is 1. The van der Waals surface area contributed by atoms with Crippen molar-refractivity contribution in [3.63, 3.8) is 0 Å². The van der Waals surface area contributed by atoms with Gasteiger partial charge in [-0.2, -0.15) is 5.10 Å². The van der Waals surface area contributed by atoms with Crippen LogP contribution in [0.2, 0.25) is 5.02 Å². The molecule has 1 N–H and O–H groups in total. The quantitative estimate of drug-likeness (QED) is 0.871. The molecule has 1 aromatic carbocycles. The van der Waals surface area contributed by atoms with E-state index in [0.29, 0.717) is 12.1 Å². The molecule has 1 aromatic heterocycles. The van der Waals surface area contributed by atoms with Gasteiger partial charge in [0.25, 0.3) is 0 Å². The van der Waals surface area contributed by atoms with Gasteiger partial charge in [-0.25, -0.2) is 0 Å². The van der Waals surface area contributed by atoms with E-state index in [1.54, 1.807) is 6.20 Å². The van der Waals surface area contributed by atoms with Crippen LogP contribution in [0.5, 0.6) is 11.5 Å². The molecule has 2 aromatic rings. The number of halogens is 1. The van der Waals surface area contributed by atoms with E-state index < -0.39 is 0 Å². The zero-order valence-electron chi connectivity index (χ0n) is 12.3. The van der Waals surface area contributed by atoms with Crippen LogP contribution in [0.25, 0.3) is 0 Å². The molecule has 0 radical (unpaired) electrons. The number of hydrogen-bond donors (Lipinski definition) is 1. The van der Waals surface area contributed by atoms with Crippen molar-refractivity contribution in [2.45, 2.75) is 45.3 Å². The molecule has 0 spiro atoms. The van der Waals surface area contributed by atoms with Gasteiger partial charge in [-0.05, 0) is 44.9 Å². The minimum atomic E-state index is 0.323. The molecule has 1 heterocycles. The predicted molar refractivity (Wildman–Crippen MR) is 84.0 cm³/mol. The van der Waals surface area contributed by atoms with Gasteiger partial charge in [-0.1, -0.05) is 11.6 Å². The maximum atomic E-state index is 6.10. The summed E-state index contributed by atoms with van der Waals surface area (Å²) in [5.74, 6) is 1.58. The van der Waals surface area contributed by atoms with Crippen molar-refractivity contribution in [1.29, 1.82) is 0 Å². The highest BCUT2D eigenvalue weighted by molar-refractivity contribution is 6.30. The van der Waals surface area contributed by atoms with Crippen molar-refractivity contribution in [2.75, 3.05) is 0 Å². The third-order valence-electron chi connectivity index (χ3n) is 3.52. The van der Waals surface area contributed by atoms with Crippen LogP contribution in [0.1, 0.15) is 38.3 Å². The molecule has 0 amide bonds. The molecular weight excluding hydrogens is 286 g/mol. The molecule has 0 saturated heterocycles. The highest BCUT2D eigenvalue weighted by atomic mass is 35.5. The van der Waals surface area contributed by atoms with Crippen molar-refractivity contribution in [3.05, 3.63) is 41.2 Å². The zero-order chi connectivity index (χ0) is 14.8. The summed E-state index contributed by atoms with van der Waals surface area (Å²) in [6.45, 7) is 4.95. The number of rotatable bonds is 6. The Balaban J connectivity index is 1.75. The van der Waals surface area contributed by atoms with Gasteiger partial charge < -0.3 is 10.1 Å². The highest BCUT2D eigenvalue weighted by Gasteiger charge is 2.20. The highest BCUT2D eigenvalue weighted by Crippen LogP contribution is 2.29. The van der Waals surface area contributed by atoms with Crippen LogP contribution < -0.4 is 10.1 Å². The van der Waals surface area contributed by atoms with Crippen LogP contribution >= 0.6 is 11.6 Å². The maximum absolute atomic E-state index is 6.10.